The molecule has 0 fully saturated rings. The van der Waals surface area contributed by atoms with Crippen LogP contribution in [0.25, 0.3) is 0 Å². The first-order chi connectivity index (χ1) is 6.55. The van der Waals surface area contributed by atoms with Gasteiger partial charge in [-0.2, -0.15) is 0 Å². The molecule has 0 radical (unpaired) electrons. The first-order valence-corrected chi connectivity index (χ1v) is 10.8. The molecular weight excluding hydrogens is 222 g/mol. The maximum Gasteiger partial charge on any atom is 0.127 e. The molecule has 1 rings (SSSR count). The summed E-state index contributed by atoms with van der Waals surface area (Å²) >= 11 is 0. The summed E-state index contributed by atoms with van der Waals surface area (Å²) < 4.78 is 6.05. The van der Waals surface area contributed by atoms with E-state index in [0.717, 1.165) is 11.0 Å². The van der Waals surface area contributed by atoms with Crippen molar-refractivity contribution < 1.29 is 4.42 Å². The van der Waals surface area contributed by atoms with Crippen LogP contribution in [0.5, 0.6) is 0 Å². The Morgan fingerprint density at radius 3 is 1.20 bits per heavy atom. The Bertz CT molecular complexity index is 426. The van der Waals surface area contributed by atoms with E-state index >= 15 is 0 Å². The number of furan rings is 1. The summed E-state index contributed by atoms with van der Waals surface area (Å²) in [6.07, 6.45) is 8.49. The number of hydrogen-bond donors (Lipinski definition) is 0. The lowest BCUT2D eigenvalue weighted by Gasteiger charge is -2.12. The van der Waals surface area contributed by atoms with Crippen molar-refractivity contribution in [3.05, 3.63) is 11.1 Å². The van der Waals surface area contributed by atoms with Gasteiger partial charge in [0.15, 0.2) is 0 Å². The van der Waals surface area contributed by atoms with Crippen LogP contribution in [0.1, 0.15) is 11.1 Å². The van der Waals surface area contributed by atoms with Crippen LogP contribution in [0.4, 0.5) is 0 Å². The minimum Gasteiger partial charge on any atom is -0.457 e. The lowest BCUT2D eigenvalue weighted by atomic mass is 10.2. The van der Waals surface area contributed by atoms with Gasteiger partial charge in [-0.3, -0.25) is 0 Å². The van der Waals surface area contributed by atoms with E-state index in [0.29, 0.717) is 0 Å². The van der Waals surface area contributed by atoms with Gasteiger partial charge < -0.3 is 4.42 Å². The predicted molar refractivity (Wildman–Crippen MR) is 79.2 cm³/mol. The molecule has 0 amide bonds. The summed E-state index contributed by atoms with van der Waals surface area (Å²) in [5, 5.41) is 0. The molecule has 86 valence electrons. The molecule has 0 unspecified atom stereocenters. The van der Waals surface area contributed by atoms with Crippen LogP contribution in [0.2, 0.25) is 0 Å². The topological polar surface area (TPSA) is 13.1 Å². The Kier molecular flexibility index (Phi) is 3.21. The lowest BCUT2D eigenvalue weighted by molar-refractivity contribution is 0.636. The van der Waals surface area contributed by atoms with E-state index in [2.05, 4.69) is 53.1 Å². The molecule has 1 nitrogen and oxygen atoms in total. The highest BCUT2D eigenvalue weighted by Gasteiger charge is 2.21. The fourth-order valence-electron chi connectivity index (χ4n) is 1.72. The van der Waals surface area contributed by atoms with E-state index < -0.39 is 13.8 Å². The summed E-state index contributed by atoms with van der Waals surface area (Å²) in [7, 11) is 0. The summed E-state index contributed by atoms with van der Waals surface area (Å²) in [5.41, 5.74) is 4.81. The highest BCUT2D eigenvalue weighted by molar-refractivity contribution is 7.80. The van der Waals surface area contributed by atoms with E-state index in [-0.39, 0.29) is 0 Å². The van der Waals surface area contributed by atoms with Crippen molar-refractivity contribution in [1.82, 2.24) is 0 Å². The average molecular weight is 244 g/mol. The van der Waals surface area contributed by atoms with E-state index in [1.54, 1.807) is 0 Å². The maximum atomic E-state index is 6.05. The van der Waals surface area contributed by atoms with Gasteiger partial charge in [0.1, 0.15) is 11.0 Å². The smallest absolute Gasteiger partial charge is 0.127 e. The van der Waals surface area contributed by atoms with Crippen LogP contribution in [-0.4, -0.2) is 39.3 Å². The predicted octanol–water partition coefficient (Wildman–Crippen LogP) is 2.57. The summed E-state index contributed by atoms with van der Waals surface area (Å²) in [6, 6.07) is 0. The molecule has 15 heavy (non-hydrogen) atoms. The van der Waals surface area contributed by atoms with Crippen LogP contribution in [0, 0.1) is 13.8 Å². The van der Waals surface area contributed by atoms with Gasteiger partial charge in [-0.1, -0.05) is 26.4 Å². The van der Waals surface area contributed by atoms with Crippen molar-refractivity contribution in [2.75, 3.05) is 26.7 Å². The molecule has 0 aliphatic carbocycles. The normalized spacial score (nSPS) is 13.2. The lowest BCUT2D eigenvalue weighted by Crippen LogP contribution is -2.05. The number of hydrogen-bond acceptors (Lipinski definition) is 1. The van der Waals surface area contributed by atoms with Gasteiger partial charge in [-0.25, -0.2) is 0 Å². The van der Waals surface area contributed by atoms with Crippen molar-refractivity contribution in [3.8, 4) is 0 Å². The van der Waals surface area contributed by atoms with Gasteiger partial charge in [-0.15, -0.1) is 0 Å². The molecular formula is C12H22OP2. The second-order valence-electron chi connectivity index (χ2n) is 5.33. The monoisotopic (exact) mass is 244 g/mol. The third kappa shape index (κ3) is 2.52. The molecule has 0 N–H and O–H groups in total. The van der Waals surface area contributed by atoms with Gasteiger partial charge in [0.2, 0.25) is 0 Å². The standard InChI is InChI=1S/C12H22OP2/c1-9-10(2)12(15(6,7)8)13-11(9)14(3,4)5/h3,6H2,1-2,4-5,7-8H3. The SMILES string of the molecule is C=P(C)(C)c1oc(P(=C)(C)C)c(C)c1C. The van der Waals surface area contributed by atoms with Crippen LogP contribution in [0.15, 0.2) is 4.42 Å². The fourth-order valence-corrected chi connectivity index (χ4v) is 4.62. The average Bonchev–Trinajstić information content (AvgIpc) is 2.26. The Hall–Kier alpha value is -0.120. The molecule has 1 aromatic rings. The third-order valence-electron chi connectivity index (χ3n) is 2.50. The zero-order valence-electron chi connectivity index (χ0n) is 10.7. The highest BCUT2D eigenvalue weighted by Crippen LogP contribution is 2.41. The van der Waals surface area contributed by atoms with Crippen LogP contribution < -0.4 is 11.0 Å². The van der Waals surface area contributed by atoms with Crippen molar-refractivity contribution in [1.29, 1.82) is 0 Å². The first kappa shape index (κ1) is 12.9. The second-order valence-corrected chi connectivity index (χ2v) is 12.9. The van der Waals surface area contributed by atoms with Gasteiger partial charge in [0.05, 0.1) is 0 Å². The van der Waals surface area contributed by atoms with Gasteiger partial charge in [-0.05, 0) is 51.6 Å². The van der Waals surface area contributed by atoms with Crippen LogP contribution in [-0.2, 0) is 0 Å². The highest BCUT2D eigenvalue weighted by atomic mass is 31.2. The Labute approximate surface area is 93.8 Å². The Morgan fingerprint density at radius 1 is 0.800 bits per heavy atom. The molecule has 0 atom stereocenters. The van der Waals surface area contributed by atoms with Gasteiger partial charge in [0.25, 0.3) is 0 Å². The molecule has 0 saturated carbocycles. The largest absolute Gasteiger partial charge is 0.457 e. The Morgan fingerprint density at radius 2 is 1.07 bits per heavy atom. The number of rotatable bonds is 2. The molecule has 0 spiro atoms. The minimum absolute atomic E-state index is 1.12. The van der Waals surface area contributed by atoms with Crippen LogP contribution >= 0.6 is 13.8 Å². The molecule has 1 heterocycles. The van der Waals surface area contributed by atoms with E-state index in [4.69, 9.17) is 4.42 Å². The summed E-state index contributed by atoms with van der Waals surface area (Å²) in [5.74, 6) is 0. The summed E-state index contributed by atoms with van der Waals surface area (Å²) in [6.45, 7) is 10.4. The fraction of sp³-hybridized carbons (Fsp3) is 0.500. The van der Waals surface area contributed by atoms with Crippen molar-refractivity contribution >= 4 is 37.4 Å². The second kappa shape index (κ2) is 3.72. The summed E-state index contributed by atoms with van der Waals surface area (Å²) in [4.78, 5) is 0. The van der Waals surface area contributed by atoms with Crippen molar-refractivity contribution in [2.45, 2.75) is 13.8 Å². The quantitative estimate of drug-likeness (QED) is 0.729. The zero-order valence-corrected chi connectivity index (χ0v) is 12.5. The van der Waals surface area contributed by atoms with Crippen molar-refractivity contribution in [3.63, 3.8) is 0 Å². The molecule has 0 bridgehead atoms. The van der Waals surface area contributed by atoms with Gasteiger partial charge in [0, 0.05) is 0 Å². The molecule has 1 aromatic heterocycles. The van der Waals surface area contributed by atoms with E-state index in [1.807, 2.05) is 0 Å². The van der Waals surface area contributed by atoms with E-state index in [1.165, 1.54) is 11.1 Å². The third-order valence-corrected chi connectivity index (χ3v) is 5.55. The molecule has 0 aliphatic rings. The first-order valence-electron chi connectivity index (χ1n) is 5.03. The molecule has 0 aliphatic heterocycles. The van der Waals surface area contributed by atoms with Crippen LogP contribution in [0.3, 0.4) is 0 Å². The van der Waals surface area contributed by atoms with Crippen molar-refractivity contribution in [2.24, 2.45) is 0 Å². The Balaban J connectivity index is 3.52. The zero-order chi connectivity index (χ0) is 12.0. The molecule has 0 aromatic carbocycles. The minimum atomic E-state index is -1.31. The molecule has 3 heteroatoms. The van der Waals surface area contributed by atoms with Gasteiger partial charge >= 0.3 is 0 Å². The maximum absolute atomic E-state index is 6.05. The molecule has 0 saturated heterocycles. The van der Waals surface area contributed by atoms with E-state index in [9.17, 15) is 0 Å².